The summed E-state index contributed by atoms with van der Waals surface area (Å²) >= 11 is 0. The fourth-order valence-corrected chi connectivity index (χ4v) is 8.64. The molecule has 5 heterocycles. The summed E-state index contributed by atoms with van der Waals surface area (Å²) < 4.78 is 51.7. The number of piperidine rings is 1. The van der Waals surface area contributed by atoms with Crippen molar-refractivity contribution >= 4 is 17.3 Å². The van der Waals surface area contributed by atoms with E-state index in [9.17, 15) is 14.0 Å². The molecule has 3 aromatic carbocycles. The second-order valence-electron chi connectivity index (χ2n) is 15.8. The predicted octanol–water partition coefficient (Wildman–Crippen LogP) is 5.12. The molecule has 3 fully saturated rings. The Balaban J connectivity index is 0.827. The van der Waals surface area contributed by atoms with Gasteiger partial charge in [0.05, 0.1) is 37.4 Å². The van der Waals surface area contributed by atoms with Gasteiger partial charge in [-0.15, -0.1) is 0 Å². The summed E-state index contributed by atoms with van der Waals surface area (Å²) in [6, 6.07) is 19.2. The lowest BCUT2D eigenvalue weighted by molar-refractivity contribution is -0.156. The first kappa shape index (κ1) is 40.2. The second-order valence-corrected chi connectivity index (χ2v) is 15.8. The molecule has 16 heteroatoms. The van der Waals surface area contributed by atoms with E-state index in [4.69, 9.17) is 14.2 Å². The topological polar surface area (TPSA) is 134 Å². The van der Waals surface area contributed by atoms with Gasteiger partial charge in [-0.05, 0) is 100 Å². The average Bonchev–Trinajstić information content (AvgIpc) is 4.02. The number of ether oxygens (including phenoxy) is 3. The maximum Gasteiger partial charge on any atom is 0.350 e. The Kier molecular flexibility index (Phi) is 12.1. The Bertz CT molecular complexity index is 2220. The molecule has 3 saturated heterocycles. The number of halogens is 2. The van der Waals surface area contributed by atoms with Gasteiger partial charge in [0.25, 0.3) is 0 Å². The molecule has 0 spiro atoms. The van der Waals surface area contributed by atoms with E-state index in [1.165, 1.54) is 34.0 Å². The zero-order chi connectivity index (χ0) is 40.9. The lowest BCUT2D eigenvalue weighted by Crippen LogP contribution is -2.46. The van der Waals surface area contributed by atoms with Crippen LogP contribution >= 0.6 is 0 Å². The van der Waals surface area contributed by atoms with Gasteiger partial charge in [-0.1, -0.05) is 13.0 Å². The lowest BCUT2D eigenvalue weighted by Gasteiger charge is -2.37. The van der Waals surface area contributed by atoms with Gasteiger partial charge in [0.15, 0.2) is 0 Å². The second kappa shape index (κ2) is 17.7. The number of esters is 1. The van der Waals surface area contributed by atoms with Crippen molar-refractivity contribution in [2.75, 3.05) is 62.3 Å². The van der Waals surface area contributed by atoms with Gasteiger partial charge in [-0.25, -0.2) is 32.5 Å². The summed E-state index contributed by atoms with van der Waals surface area (Å²) in [7, 11) is 0. The van der Waals surface area contributed by atoms with Crippen molar-refractivity contribution in [2.24, 2.45) is 11.8 Å². The first-order chi connectivity index (χ1) is 28.7. The van der Waals surface area contributed by atoms with Crippen molar-refractivity contribution in [1.82, 2.24) is 34.4 Å². The normalized spacial score (nSPS) is 21.1. The predicted molar refractivity (Wildman–Crippen MR) is 217 cm³/mol. The summed E-state index contributed by atoms with van der Waals surface area (Å²) in [5.41, 5.74) is 1.89. The number of nitrogens with zero attached hydrogens (tertiary/aromatic N) is 8. The zero-order valence-corrected chi connectivity index (χ0v) is 33.5. The molecular weight excluding hydrogens is 761 g/mol. The van der Waals surface area contributed by atoms with Crippen LogP contribution in [0.1, 0.15) is 51.1 Å². The average molecular weight is 812 g/mol. The number of anilines is 2. The van der Waals surface area contributed by atoms with E-state index >= 15 is 4.39 Å². The van der Waals surface area contributed by atoms with E-state index < -0.39 is 23.3 Å². The minimum atomic E-state index is -1.03. The van der Waals surface area contributed by atoms with Crippen LogP contribution in [-0.2, 0) is 26.4 Å². The van der Waals surface area contributed by atoms with Crippen molar-refractivity contribution in [2.45, 2.75) is 63.8 Å². The van der Waals surface area contributed by atoms with Crippen LogP contribution in [0.3, 0.4) is 0 Å². The number of carbonyl (C=O) groups excluding carboxylic acids is 1. The Labute approximate surface area is 341 Å². The number of nitrogens with one attached hydrogen (secondary N) is 1. The molecular formula is C43H51F2N9O5. The molecule has 8 rings (SSSR count). The molecule has 14 nitrogen and oxygen atoms in total. The van der Waals surface area contributed by atoms with Crippen LogP contribution < -0.4 is 25.5 Å². The number of carbonyl (C=O) groups is 1. The molecule has 4 atom stereocenters. The molecule has 312 valence electrons. The van der Waals surface area contributed by atoms with Gasteiger partial charge in [0.2, 0.25) is 0 Å². The largest absolute Gasteiger partial charge is 0.493 e. The van der Waals surface area contributed by atoms with E-state index in [1.54, 1.807) is 11.0 Å². The Hall–Kier alpha value is -5.61. The van der Waals surface area contributed by atoms with Crippen LogP contribution in [0, 0.1) is 23.5 Å². The number of piperazine rings is 1. The summed E-state index contributed by atoms with van der Waals surface area (Å²) in [4.78, 5) is 35.0. The highest BCUT2D eigenvalue weighted by atomic mass is 19.1. The van der Waals surface area contributed by atoms with E-state index in [2.05, 4.69) is 42.4 Å². The van der Waals surface area contributed by atoms with Crippen molar-refractivity contribution < 1.29 is 27.8 Å². The van der Waals surface area contributed by atoms with E-state index in [0.717, 1.165) is 75.3 Å². The Morgan fingerprint density at radius 1 is 0.932 bits per heavy atom. The number of hydrogen-bond acceptors (Lipinski definition) is 11. The molecule has 59 heavy (non-hydrogen) atoms. The highest BCUT2D eigenvalue weighted by molar-refractivity contribution is 5.72. The van der Waals surface area contributed by atoms with Crippen LogP contribution in [0.2, 0.25) is 0 Å². The first-order valence-electron chi connectivity index (χ1n) is 20.5. The minimum Gasteiger partial charge on any atom is -0.493 e. The highest BCUT2D eigenvalue weighted by Crippen LogP contribution is 2.42. The van der Waals surface area contributed by atoms with Crippen LogP contribution in [0.5, 0.6) is 5.75 Å². The molecule has 0 amide bonds. The first-order valence-corrected chi connectivity index (χ1v) is 20.5. The molecule has 2 aromatic heterocycles. The van der Waals surface area contributed by atoms with Crippen molar-refractivity contribution in [3.63, 3.8) is 0 Å². The molecule has 0 saturated carbocycles. The van der Waals surface area contributed by atoms with Crippen LogP contribution in [0.4, 0.5) is 20.2 Å². The monoisotopic (exact) mass is 811 g/mol. The Morgan fingerprint density at radius 3 is 2.25 bits per heavy atom. The summed E-state index contributed by atoms with van der Waals surface area (Å²) in [6.07, 6.45) is 6.60. The van der Waals surface area contributed by atoms with Gasteiger partial charge < -0.3 is 29.3 Å². The molecule has 0 radical (unpaired) electrons. The summed E-state index contributed by atoms with van der Waals surface area (Å²) in [5, 5.41) is 11.9. The SMILES string of the molecule is CC[C@@H]([C@H](C)OC(=O)C1CCNCC1)n1ncn(-c2ccc(N3CCN(c4ccc(OC[C@@H]5CO[C@@](Cn6cncn6)(c6ccc(F)cc6F)C5)cc4)CC3)cc2)c1=O. The van der Waals surface area contributed by atoms with E-state index in [-0.39, 0.29) is 36.1 Å². The van der Waals surface area contributed by atoms with Gasteiger partial charge >= 0.3 is 11.7 Å². The van der Waals surface area contributed by atoms with Gasteiger partial charge in [0.1, 0.15) is 48.1 Å². The molecule has 3 aliphatic heterocycles. The van der Waals surface area contributed by atoms with E-state index in [0.29, 0.717) is 37.3 Å². The van der Waals surface area contributed by atoms with Crippen LogP contribution in [0.15, 0.2) is 90.5 Å². The third-order valence-electron chi connectivity index (χ3n) is 11.9. The van der Waals surface area contributed by atoms with Gasteiger partial charge in [-0.2, -0.15) is 10.2 Å². The zero-order valence-electron chi connectivity index (χ0n) is 33.5. The number of benzene rings is 3. The molecule has 1 N–H and O–H groups in total. The van der Waals surface area contributed by atoms with Crippen molar-refractivity contribution in [1.29, 1.82) is 0 Å². The van der Waals surface area contributed by atoms with Gasteiger partial charge in [0, 0.05) is 55.1 Å². The smallest absolute Gasteiger partial charge is 0.350 e. The number of aromatic nitrogens is 6. The maximum atomic E-state index is 15.0. The standard InChI is InChI=1S/C43H51F2N9O5/c1-3-40(30(2)59-41(55)32-14-16-46-17-15-32)54-42(56)53(29-49-54)36-7-5-34(6-8-36)50-18-20-51(21-19-50)35-9-11-37(12-10-35)57-24-31-23-43(58-25-31,26-52-28-47-27-48-52)38-13-4-33(44)22-39(38)45/h4-13,22,27-32,40,46H,3,14-21,23-26H2,1-2H3/t30-,31+,40-,43-/m0/s1. The number of hydrogen-bond donors (Lipinski definition) is 1. The fraction of sp³-hybridized carbons (Fsp3) is 0.465. The molecule has 0 unspecified atom stereocenters. The molecule has 5 aromatic rings. The fourth-order valence-electron chi connectivity index (χ4n) is 8.64. The molecule has 3 aliphatic rings. The molecule has 0 aliphatic carbocycles. The Morgan fingerprint density at radius 2 is 1.61 bits per heavy atom. The maximum absolute atomic E-state index is 15.0. The van der Waals surface area contributed by atoms with Crippen molar-refractivity contribution in [3.05, 3.63) is 113 Å². The lowest BCUT2D eigenvalue weighted by atomic mass is 9.87. The summed E-state index contributed by atoms with van der Waals surface area (Å²) in [6.45, 7) is 9.72. The number of rotatable bonds is 14. The quantitative estimate of drug-likeness (QED) is 0.150. The third kappa shape index (κ3) is 8.88. The van der Waals surface area contributed by atoms with Crippen LogP contribution in [0.25, 0.3) is 5.69 Å². The summed E-state index contributed by atoms with van der Waals surface area (Å²) in [5.74, 6) is -0.898. The van der Waals surface area contributed by atoms with Crippen LogP contribution in [-0.4, -0.2) is 93.7 Å². The van der Waals surface area contributed by atoms with E-state index in [1.807, 2.05) is 50.2 Å². The van der Waals surface area contributed by atoms with Crippen molar-refractivity contribution in [3.8, 4) is 11.4 Å². The minimum absolute atomic E-state index is 0.0206. The highest BCUT2D eigenvalue weighted by Gasteiger charge is 2.45. The molecule has 0 bridgehead atoms. The van der Waals surface area contributed by atoms with Gasteiger partial charge in [-0.3, -0.25) is 4.79 Å². The third-order valence-corrected chi connectivity index (χ3v) is 11.9.